The fraction of sp³-hybridized carbons (Fsp3) is 0.500. The summed E-state index contributed by atoms with van der Waals surface area (Å²) in [6, 6.07) is 7.92. The first-order chi connectivity index (χ1) is 6.40. The highest BCUT2D eigenvalue weighted by Gasteiger charge is 2.15. The summed E-state index contributed by atoms with van der Waals surface area (Å²) in [5, 5.41) is 0. The zero-order valence-electron chi connectivity index (χ0n) is 9.37. The molecule has 2 N–H and O–H groups in total. The quantitative estimate of drug-likeness (QED) is 0.783. The molecule has 0 unspecified atom stereocenters. The fourth-order valence-electron chi connectivity index (χ4n) is 1.28. The second-order valence-corrected chi connectivity index (χ2v) is 4.54. The second-order valence-electron chi connectivity index (χ2n) is 4.54. The summed E-state index contributed by atoms with van der Waals surface area (Å²) in [7, 11) is 0. The molecule has 1 atom stereocenters. The minimum atomic E-state index is -0.176. The van der Waals surface area contributed by atoms with Gasteiger partial charge < -0.3 is 10.5 Å². The van der Waals surface area contributed by atoms with E-state index in [-0.39, 0.29) is 11.6 Å². The van der Waals surface area contributed by atoms with Crippen LogP contribution in [0.3, 0.4) is 0 Å². The average Bonchev–Trinajstić information content (AvgIpc) is 2.01. The molecule has 1 aromatic rings. The summed E-state index contributed by atoms with van der Waals surface area (Å²) >= 11 is 0. The molecule has 0 spiro atoms. The first kappa shape index (κ1) is 11.1. The van der Waals surface area contributed by atoms with Gasteiger partial charge in [0.05, 0.1) is 0 Å². The third kappa shape index (κ3) is 3.04. The van der Waals surface area contributed by atoms with Gasteiger partial charge in [0.2, 0.25) is 0 Å². The lowest BCUT2D eigenvalue weighted by molar-refractivity contribution is 0.129. The van der Waals surface area contributed by atoms with Gasteiger partial charge in [-0.3, -0.25) is 0 Å². The summed E-state index contributed by atoms with van der Waals surface area (Å²) in [6.45, 7) is 8.06. The van der Waals surface area contributed by atoms with E-state index in [1.165, 1.54) is 0 Å². The van der Waals surface area contributed by atoms with Gasteiger partial charge >= 0.3 is 0 Å². The van der Waals surface area contributed by atoms with Crippen LogP contribution in [0.2, 0.25) is 0 Å². The van der Waals surface area contributed by atoms with Crippen molar-refractivity contribution >= 4 is 0 Å². The van der Waals surface area contributed by atoms with E-state index in [2.05, 4.69) is 0 Å². The predicted molar refractivity (Wildman–Crippen MR) is 59.4 cm³/mol. The van der Waals surface area contributed by atoms with Gasteiger partial charge in [0.15, 0.2) is 0 Å². The molecule has 1 rings (SSSR count). The van der Waals surface area contributed by atoms with Crippen LogP contribution in [0.5, 0.6) is 5.75 Å². The van der Waals surface area contributed by atoms with E-state index in [1.54, 1.807) is 0 Å². The molecule has 0 radical (unpaired) electrons. The van der Waals surface area contributed by atoms with E-state index < -0.39 is 0 Å². The minimum absolute atomic E-state index is 0.00792. The third-order valence-electron chi connectivity index (χ3n) is 1.83. The highest BCUT2D eigenvalue weighted by molar-refractivity contribution is 5.35. The van der Waals surface area contributed by atoms with Crippen molar-refractivity contribution in [1.82, 2.24) is 0 Å². The van der Waals surface area contributed by atoms with Crippen molar-refractivity contribution in [3.63, 3.8) is 0 Å². The molecule has 1 aromatic carbocycles. The van der Waals surface area contributed by atoms with Crippen LogP contribution in [0.15, 0.2) is 24.3 Å². The van der Waals surface area contributed by atoms with Gasteiger partial charge in [-0.25, -0.2) is 0 Å². The number of para-hydroxylation sites is 1. The smallest absolute Gasteiger partial charge is 0.124 e. The maximum Gasteiger partial charge on any atom is 0.124 e. The molecule has 0 fully saturated rings. The monoisotopic (exact) mass is 193 g/mol. The van der Waals surface area contributed by atoms with Crippen LogP contribution >= 0.6 is 0 Å². The zero-order valence-corrected chi connectivity index (χ0v) is 9.37. The molecule has 0 heterocycles. The van der Waals surface area contributed by atoms with E-state index in [9.17, 15) is 0 Å². The third-order valence-corrected chi connectivity index (χ3v) is 1.83. The Morgan fingerprint density at radius 3 is 2.29 bits per heavy atom. The van der Waals surface area contributed by atoms with Crippen LogP contribution in [0, 0.1) is 0 Å². The largest absolute Gasteiger partial charge is 0.488 e. The maximum atomic E-state index is 5.85. The van der Waals surface area contributed by atoms with Gasteiger partial charge in [0, 0.05) is 11.6 Å². The zero-order chi connectivity index (χ0) is 10.8. The van der Waals surface area contributed by atoms with Crippen LogP contribution in [-0.2, 0) is 0 Å². The number of benzene rings is 1. The Bertz CT molecular complexity index is 299. The molecule has 2 nitrogen and oxygen atoms in total. The average molecular weight is 193 g/mol. The number of ether oxygens (including phenoxy) is 1. The summed E-state index contributed by atoms with van der Waals surface area (Å²) in [5.41, 5.74) is 6.74. The molecule has 0 saturated heterocycles. The van der Waals surface area contributed by atoms with E-state index in [1.807, 2.05) is 52.0 Å². The summed E-state index contributed by atoms with van der Waals surface area (Å²) < 4.78 is 5.81. The molecule has 14 heavy (non-hydrogen) atoms. The first-order valence-electron chi connectivity index (χ1n) is 4.93. The van der Waals surface area contributed by atoms with Crippen LogP contribution in [0.25, 0.3) is 0 Å². The Morgan fingerprint density at radius 2 is 1.79 bits per heavy atom. The van der Waals surface area contributed by atoms with Gasteiger partial charge in [-0.2, -0.15) is 0 Å². The summed E-state index contributed by atoms with van der Waals surface area (Å²) in [6.07, 6.45) is 0. The summed E-state index contributed by atoms with van der Waals surface area (Å²) in [5.74, 6) is 0.884. The van der Waals surface area contributed by atoms with Gasteiger partial charge in [0.25, 0.3) is 0 Å². The predicted octanol–water partition coefficient (Wildman–Crippen LogP) is 2.88. The van der Waals surface area contributed by atoms with Gasteiger partial charge in [0.1, 0.15) is 11.4 Å². The molecule has 78 valence electrons. The van der Waals surface area contributed by atoms with Crippen molar-refractivity contribution in [2.75, 3.05) is 0 Å². The van der Waals surface area contributed by atoms with E-state index in [0.29, 0.717) is 0 Å². The number of nitrogens with two attached hydrogens (primary N) is 1. The Labute approximate surface area is 86.1 Å². The van der Waals surface area contributed by atoms with Crippen LogP contribution in [0.4, 0.5) is 0 Å². The van der Waals surface area contributed by atoms with Gasteiger partial charge in [-0.15, -0.1) is 0 Å². The molecule has 0 aliphatic rings. The molecule has 0 aliphatic carbocycles. The topological polar surface area (TPSA) is 35.2 Å². The van der Waals surface area contributed by atoms with Crippen molar-refractivity contribution < 1.29 is 4.74 Å². The van der Waals surface area contributed by atoms with Crippen molar-refractivity contribution in [3.8, 4) is 5.75 Å². The lowest BCUT2D eigenvalue weighted by atomic mass is 10.1. The number of hydrogen-bond donors (Lipinski definition) is 1. The highest BCUT2D eigenvalue weighted by atomic mass is 16.5. The molecule has 0 aromatic heterocycles. The molecule has 2 heteroatoms. The number of hydrogen-bond acceptors (Lipinski definition) is 2. The molecular formula is C12H19NO. The molecular weight excluding hydrogens is 174 g/mol. The van der Waals surface area contributed by atoms with Crippen LogP contribution in [0.1, 0.15) is 39.3 Å². The summed E-state index contributed by atoms with van der Waals surface area (Å²) in [4.78, 5) is 0. The normalized spacial score (nSPS) is 13.8. The highest BCUT2D eigenvalue weighted by Crippen LogP contribution is 2.26. The second kappa shape index (κ2) is 4.01. The van der Waals surface area contributed by atoms with Crippen LogP contribution < -0.4 is 10.5 Å². The SMILES string of the molecule is C[C@H](N)c1ccccc1OC(C)(C)C. The lowest BCUT2D eigenvalue weighted by Gasteiger charge is -2.24. The van der Waals surface area contributed by atoms with Crippen LogP contribution in [-0.4, -0.2) is 5.60 Å². The molecule has 0 saturated carbocycles. The van der Waals surface area contributed by atoms with E-state index >= 15 is 0 Å². The first-order valence-corrected chi connectivity index (χ1v) is 4.93. The minimum Gasteiger partial charge on any atom is -0.488 e. The van der Waals surface area contributed by atoms with Gasteiger partial charge in [-0.1, -0.05) is 18.2 Å². The molecule has 0 amide bonds. The Kier molecular flexibility index (Phi) is 3.17. The lowest BCUT2D eigenvalue weighted by Crippen LogP contribution is -2.24. The standard InChI is InChI=1S/C12H19NO/c1-9(13)10-7-5-6-8-11(10)14-12(2,3)4/h5-9H,13H2,1-4H3/t9-/m0/s1. The molecule has 0 aliphatic heterocycles. The van der Waals surface area contributed by atoms with Crippen molar-refractivity contribution in [2.24, 2.45) is 5.73 Å². The maximum absolute atomic E-state index is 5.85. The fourth-order valence-corrected chi connectivity index (χ4v) is 1.28. The Hall–Kier alpha value is -1.02. The van der Waals surface area contributed by atoms with E-state index in [4.69, 9.17) is 10.5 Å². The number of rotatable bonds is 2. The molecule has 0 bridgehead atoms. The Balaban J connectivity index is 2.96. The van der Waals surface area contributed by atoms with E-state index in [0.717, 1.165) is 11.3 Å². The van der Waals surface area contributed by atoms with Gasteiger partial charge in [-0.05, 0) is 33.8 Å². The van der Waals surface area contributed by atoms with Crippen molar-refractivity contribution in [3.05, 3.63) is 29.8 Å². The van der Waals surface area contributed by atoms with Crippen molar-refractivity contribution in [2.45, 2.75) is 39.3 Å². The Morgan fingerprint density at radius 1 is 1.21 bits per heavy atom. The van der Waals surface area contributed by atoms with Crippen molar-refractivity contribution in [1.29, 1.82) is 0 Å².